The first kappa shape index (κ1) is 12.8. The maximum Gasteiger partial charge on any atom is 0.243 e. The van der Waals surface area contributed by atoms with Gasteiger partial charge in [-0.05, 0) is 11.8 Å². The van der Waals surface area contributed by atoms with E-state index in [4.69, 9.17) is 5.84 Å². The van der Waals surface area contributed by atoms with E-state index in [0.29, 0.717) is 17.8 Å². The molecular weight excluding hydrogens is 256 g/mol. The topological polar surface area (TPSA) is 97.8 Å². The SMILES string of the molecule is CC1(C)CCN(c2nc(NN)nc(-n3ccnc3)n2)C1. The lowest BCUT2D eigenvalue weighted by Crippen LogP contribution is -2.26. The molecule has 8 heteroatoms. The van der Waals surface area contributed by atoms with Gasteiger partial charge in [0.25, 0.3) is 0 Å². The maximum absolute atomic E-state index is 5.45. The van der Waals surface area contributed by atoms with Crippen LogP contribution < -0.4 is 16.2 Å². The van der Waals surface area contributed by atoms with Crippen LogP contribution in [0, 0.1) is 5.41 Å². The molecule has 0 bridgehead atoms. The molecule has 0 atom stereocenters. The van der Waals surface area contributed by atoms with E-state index in [-0.39, 0.29) is 5.41 Å². The zero-order valence-corrected chi connectivity index (χ0v) is 11.6. The first-order valence-electron chi connectivity index (χ1n) is 6.53. The van der Waals surface area contributed by atoms with Gasteiger partial charge in [0.1, 0.15) is 6.33 Å². The molecule has 2 aromatic rings. The number of hydrogen-bond donors (Lipinski definition) is 2. The molecule has 2 aromatic heterocycles. The van der Waals surface area contributed by atoms with E-state index in [2.05, 4.69) is 44.1 Å². The molecule has 0 radical (unpaired) electrons. The van der Waals surface area contributed by atoms with E-state index in [1.807, 2.05) is 0 Å². The number of aromatic nitrogens is 5. The van der Waals surface area contributed by atoms with Crippen molar-refractivity contribution in [3.05, 3.63) is 18.7 Å². The highest BCUT2D eigenvalue weighted by Crippen LogP contribution is 2.31. The summed E-state index contributed by atoms with van der Waals surface area (Å²) < 4.78 is 1.73. The average Bonchev–Trinajstić information content (AvgIpc) is 3.07. The second kappa shape index (κ2) is 4.71. The van der Waals surface area contributed by atoms with Crippen molar-refractivity contribution in [2.75, 3.05) is 23.4 Å². The summed E-state index contributed by atoms with van der Waals surface area (Å²) in [7, 11) is 0. The quantitative estimate of drug-likeness (QED) is 0.624. The maximum atomic E-state index is 5.45. The normalized spacial score (nSPS) is 17.4. The fourth-order valence-electron chi connectivity index (χ4n) is 2.34. The monoisotopic (exact) mass is 274 g/mol. The van der Waals surface area contributed by atoms with Crippen molar-refractivity contribution in [3.63, 3.8) is 0 Å². The van der Waals surface area contributed by atoms with Gasteiger partial charge < -0.3 is 4.90 Å². The van der Waals surface area contributed by atoms with Crippen LogP contribution in [0.2, 0.25) is 0 Å². The molecule has 0 aromatic carbocycles. The Morgan fingerprint density at radius 3 is 2.65 bits per heavy atom. The molecule has 106 valence electrons. The number of rotatable bonds is 3. The van der Waals surface area contributed by atoms with Crippen LogP contribution in [0.3, 0.4) is 0 Å². The number of nitrogens with one attached hydrogen (secondary N) is 1. The Morgan fingerprint density at radius 1 is 1.25 bits per heavy atom. The minimum atomic E-state index is 0.276. The van der Waals surface area contributed by atoms with Gasteiger partial charge in [-0.1, -0.05) is 13.8 Å². The zero-order chi connectivity index (χ0) is 14.2. The van der Waals surface area contributed by atoms with E-state index in [9.17, 15) is 0 Å². The molecule has 1 aliphatic rings. The third-order valence-electron chi connectivity index (χ3n) is 3.44. The molecule has 1 fully saturated rings. The smallest absolute Gasteiger partial charge is 0.243 e. The van der Waals surface area contributed by atoms with Crippen LogP contribution in [-0.2, 0) is 0 Å². The summed E-state index contributed by atoms with van der Waals surface area (Å²) in [4.78, 5) is 19.2. The van der Waals surface area contributed by atoms with Gasteiger partial charge in [-0.15, -0.1) is 0 Å². The Hall–Kier alpha value is -2.22. The minimum Gasteiger partial charge on any atom is -0.340 e. The molecule has 1 aliphatic heterocycles. The van der Waals surface area contributed by atoms with Crippen LogP contribution in [0.15, 0.2) is 18.7 Å². The van der Waals surface area contributed by atoms with Gasteiger partial charge in [0.05, 0.1) is 0 Å². The molecule has 0 unspecified atom stereocenters. The number of hydrazine groups is 1. The van der Waals surface area contributed by atoms with E-state index in [1.54, 1.807) is 23.3 Å². The Balaban J connectivity index is 1.97. The van der Waals surface area contributed by atoms with Crippen LogP contribution >= 0.6 is 0 Å². The van der Waals surface area contributed by atoms with Crippen molar-refractivity contribution in [3.8, 4) is 5.95 Å². The fraction of sp³-hybridized carbons (Fsp3) is 0.500. The summed E-state index contributed by atoms with van der Waals surface area (Å²) in [5.74, 6) is 6.94. The number of anilines is 2. The van der Waals surface area contributed by atoms with E-state index in [0.717, 1.165) is 19.5 Å². The van der Waals surface area contributed by atoms with Gasteiger partial charge >= 0.3 is 0 Å². The summed E-state index contributed by atoms with van der Waals surface area (Å²) in [6.07, 6.45) is 6.23. The van der Waals surface area contributed by atoms with Crippen molar-refractivity contribution in [2.24, 2.45) is 11.3 Å². The molecule has 0 spiro atoms. The van der Waals surface area contributed by atoms with Gasteiger partial charge in [-0.25, -0.2) is 10.8 Å². The summed E-state index contributed by atoms with van der Waals surface area (Å²) in [6, 6.07) is 0. The Kier molecular flexibility index (Phi) is 3.01. The molecular formula is C12H18N8. The molecule has 0 aliphatic carbocycles. The number of nitrogen functional groups attached to an aromatic ring is 1. The predicted molar refractivity (Wildman–Crippen MR) is 75.4 cm³/mol. The molecule has 3 rings (SSSR count). The van der Waals surface area contributed by atoms with Crippen molar-refractivity contribution < 1.29 is 0 Å². The lowest BCUT2D eigenvalue weighted by molar-refractivity contribution is 0.418. The van der Waals surface area contributed by atoms with Crippen LogP contribution in [0.25, 0.3) is 5.95 Å². The van der Waals surface area contributed by atoms with Crippen molar-refractivity contribution >= 4 is 11.9 Å². The molecule has 3 heterocycles. The van der Waals surface area contributed by atoms with Gasteiger partial charge in [-0.2, -0.15) is 15.0 Å². The van der Waals surface area contributed by atoms with Crippen LogP contribution in [0.1, 0.15) is 20.3 Å². The summed E-state index contributed by atoms with van der Waals surface area (Å²) in [6.45, 7) is 6.34. The first-order chi connectivity index (χ1) is 9.57. The Bertz CT molecular complexity index is 592. The molecule has 3 N–H and O–H groups in total. The number of hydrogen-bond acceptors (Lipinski definition) is 7. The highest BCUT2D eigenvalue weighted by Gasteiger charge is 2.31. The molecule has 1 saturated heterocycles. The molecule has 0 amide bonds. The van der Waals surface area contributed by atoms with Crippen molar-refractivity contribution in [1.82, 2.24) is 24.5 Å². The van der Waals surface area contributed by atoms with Gasteiger partial charge in [0, 0.05) is 25.5 Å². The minimum absolute atomic E-state index is 0.276. The highest BCUT2D eigenvalue weighted by molar-refractivity contribution is 5.40. The number of nitrogens with zero attached hydrogens (tertiary/aromatic N) is 6. The lowest BCUT2D eigenvalue weighted by Gasteiger charge is -2.20. The summed E-state index contributed by atoms with van der Waals surface area (Å²) in [5, 5.41) is 0. The van der Waals surface area contributed by atoms with Gasteiger partial charge in [-0.3, -0.25) is 9.99 Å². The fourth-order valence-corrected chi connectivity index (χ4v) is 2.34. The largest absolute Gasteiger partial charge is 0.340 e. The average molecular weight is 274 g/mol. The lowest BCUT2D eigenvalue weighted by atomic mass is 9.93. The van der Waals surface area contributed by atoms with Gasteiger partial charge in [0.15, 0.2) is 0 Å². The molecule has 8 nitrogen and oxygen atoms in total. The third-order valence-corrected chi connectivity index (χ3v) is 3.44. The molecule has 0 saturated carbocycles. The molecule has 20 heavy (non-hydrogen) atoms. The van der Waals surface area contributed by atoms with E-state index in [1.165, 1.54) is 0 Å². The van der Waals surface area contributed by atoms with Crippen molar-refractivity contribution in [2.45, 2.75) is 20.3 Å². The third kappa shape index (κ3) is 2.42. The Morgan fingerprint density at radius 2 is 2.05 bits per heavy atom. The van der Waals surface area contributed by atoms with E-state index < -0.39 is 0 Å². The van der Waals surface area contributed by atoms with Gasteiger partial charge in [0.2, 0.25) is 17.8 Å². The van der Waals surface area contributed by atoms with E-state index >= 15 is 0 Å². The second-order valence-electron chi connectivity index (χ2n) is 5.71. The first-order valence-corrected chi connectivity index (χ1v) is 6.53. The summed E-state index contributed by atoms with van der Waals surface area (Å²) in [5.41, 5.74) is 2.77. The van der Waals surface area contributed by atoms with Crippen molar-refractivity contribution in [1.29, 1.82) is 0 Å². The van der Waals surface area contributed by atoms with Crippen LogP contribution in [0.4, 0.5) is 11.9 Å². The van der Waals surface area contributed by atoms with Crippen LogP contribution in [-0.4, -0.2) is 37.6 Å². The van der Waals surface area contributed by atoms with Crippen LogP contribution in [0.5, 0.6) is 0 Å². The number of nitrogens with two attached hydrogens (primary N) is 1. The Labute approximate surface area is 117 Å². The summed E-state index contributed by atoms with van der Waals surface area (Å²) >= 11 is 0. The highest BCUT2D eigenvalue weighted by atomic mass is 15.4. The standard InChI is InChI=1S/C12H18N8/c1-12(2)3-5-19(7-12)10-15-9(18-13)16-11(17-10)20-6-4-14-8-20/h4,6,8H,3,5,7,13H2,1-2H3,(H,15,16,17,18). The predicted octanol–water partition coefficient (Wildman–Crippen LogP) is 0.579. The zero-order valence-electron chi connectivity index (χ0n) is 11.6. The number of imidazole rings is 1. The second-order valence-corrected chi connectivity index (χ2v) is 5.71.